The molecule has 0 amide bonds. The lowest BCUT2D eigenvalue weighted by atomic mass is 9.71. The Labute approximate surface area is 247 Å². The smallest absolute Gasteiger partial charge is 0.217 e. The summed E-state index contributed by atoms with van der Waals surface area (Å²) in [7, 11) is 9.57. The molecule has 41 heavy (non-hydrogen) atoms. The van der Waals surface area contributed by atoms with Crippen molar-refractivity contribution < 1.29 is 9.84 Å². The zero-order valence-electron chi connectivity index (χ0n) is 25.0. The molecule has 0 saturated carbocycles. The molecule has 4 rings (SSSR count). The summed E-state index contributed by atoms with van der Waals surface area (Å²) in [5.41, 5.74) is 3.51. The monoisotopic (exact) mass is 569 g/mol. The Morgan fingerprint density at radius 1 is 1.05 bits per heavy atom. The van der Waals surface area contributed by atoms with Crippen LogP contribution in [-0.2, 0) is 5.60 Å². The first-order valence-electron chi connectivity index (χ1n) is 13.7. The van der Waals surface area contributed by atoms with Gasteiger partial charge in [0.1, 0.15) is 11.4 Å². The van der Waals surface area contributed by atoms with Crippen molar-refractivity contribution in [2.75, 3.05) is 52.5 Å². The maximum atomic E-state index is 13.2. The maximum Gasteiger partial charge on any atom is 0.217 e. The molecule has 0 unspecified atom stereocenters. The molecule has 0 radical (unpaired) electrons. The molecule has 8 heteroatoms. The molecule has 0 fully saturated rings. The number of benzene rings is 2. The quantitative estimate of drug-likeness (QED) is 0.221. The van der Waals surface area contributed by atoms with Gasteiger partial charge in [0.2, 0.25) is 5.88 Å². The first kappa shape index (κ1) is 30.3. The molecule has 2 aromatic carbocycles. The number of aryl methyl sites for hydroxylation is 1. The van der Waals surface area contributed by atoms with Crippen molar-refractivity contribution in [2.24, 2.45) is 0 Å². The summed E-state index contributed by atoms with van der Waals surface area (Å²) in [6.45, 7) is 4.81. The number of nitrogens with zero attached hydrogens (tertiary/aromatic N) is 5. The Bertz CT molecular complexity index is 1570. The summed E-state index contributed by atoms with van der Waals surface area (Å²) in [6.07, 6.45) is 0.450. The zero-order valence-corrected chi connectivity index (χ0v) is 25.8. The number of hydrogen-bond donors (Lipinski definition) is 1. The number of anilines is 1. The fourth-order valence-corrected chi connectivity index (χ4v) is 5.88. The van der Waals surface area contributed by atoms with Gasteiger partial charge in [-0.3, -0.25) is 0 Å². The van der Waals surface area contributed by atoms with Crippen LogP contribution >= 0.6 is 11.8 Å². The van der Waals surface area contributed by atoms with Crippen molar-refractivity contribution in [3.8, 4) is 11.9 Å². The number of aromatic nitrogens is 2. The van der Waals surface area contributed by atoms with Crippen LogP contribution in [0.5, 0.6) is 5.88 Å². The third kappa shape index (κ3) is 6.65. The van der Waals surface area contributed by atoms with E-state index in [0.717, 1.165) is 49.8 Å². The molecule has 7 nitrogen and oxygen atoms in total. The highest BCUT2D eigenvalue weighted by Crippen LogP contribution is 2.48. The minimum absolute atomic E-state index is 0.446. The molecule has 0 aliphatic carbocycles. The van der Waals surface area contributed by atoms with E-state index in [1.807, 2.05) is 69.5 Å². The van der Waals surface area contributed by atoms with Gasteiger partial charge in [-0.15, -0.1) is 11.8 Å². The Kier molecular flexibility index (Phi) is 9.54. The number of methoxy groups -OCH3 is 1. The van der Waals surface area contributed by atoms with E-state index in [9.17, 15) is 10.4 Å². The molecule has 0 bridgehead atoms. The van der Waals surface area contributed by atoms with E-state index in [4.69, 9.17) is 14.7 Å². The van der Waals surface area contributed by atoms with Crippen molar-refractivity contribution in [3.05, 3.63) is 88.5 Å². The van der Waals surface area contributed by atoms with Crippen LogP contribution in [-0.4, -0.2) is 67.6 Å². The van der Waals surface area contributed by atoms with Gasteiger partial charge in [-0.25, -0.2) is 9.97 Å². The van der Waals surface area contributed by atoms with Gasteiger partial charge in [0.05, 0.1) is 29.3 Å². The number of rotatable bonds is 11. The molecular formula is C33H39N5O2S. The van der Waals surface area contributed by atoms with Gasteiger partial charge in [0.25, 0.3) is 0 Å². The van der Waals surface area contributed by atoms with Crippen LogP contribution in [0.1, 0.15) is 47.1 Å². The summed E-state index contributed by atoms with van der Waals surface area (Å²) < 4.78 is 5.90. The Hall–Kier alpha value is -3.64. The second-order valence-corrected chi connectivity index (χ2v) is 12.1. The standard InChI is InChI=1S/C33H39N5O2S/c1-8-41-30-20-26(19-29(36-30)38(5)6)33(39,14-15-37(3)4)31(24-11-9-10-22(2)16-24)27-18-25-17-23(21-34)12-13-28(25)35-32(27)40-7/h9-13,16-20,31,39H,8,14-15H2,1-7H3/t31-,33-/m1/s1. The fraction of sp³-hybridized carbons (Fsp3) is 0.364. The summed E-state index contributed by atoms with van der Waals surface area (Å²) in [6, 6.07) is 22.0. The Morgan fingerprint density at radius 2 is 1.83 bits per heavy atom. The predicted molar refractivity (Wildman–Crippen MR) is 168 cm³/mol. The lowest BCUT2D eigenvalue weighted by molar-refractivity contribution is 0.00354. The van der Waals surface area contributed by atoms with Crippen LogP contribution in [0, 0.1) is 18.3 Å². The third-order valence-electron chi connectivity index (χ3n) is 7.27. The van der Waals surface area contributed by atoms with Crippen LogP contribution < -0.4 is 9.64 Å². The van der Waals surface area contributed by atoms with Gasteiger partial charge in [-0.2, -0.15) is 5.26 Å². The normalized spacial score (nSPS) is 13.6. The van der Waals surface area contributed by atoms with Crippen LogP contribution in [0.4, 0.5) is 5.82 Å². The number of fused-ring (bicyclic) bond motifs is 1. The Morgan fingerprint density at radius 3 is 2.46 bits per heavy atom. The minimum Gasteiger partial charge on any atom is -0.481 e. The van der Waals surface area contributed by atoms with Gasteiger partial charge in [0, 0.05) is 37.5 Å². The van der Waals surface area contributed by atoms with E-state index in [1.54, 1.807) is 24.9 Å². The second kappa shape index (κ2) is 12.9. The second-order valence-electron chi connectivity index (χ2n) is 10.8. The summed E-state index contributed by atoms with van der Waals surface area (Å²) in [5, 5.41) is 24.4. The molecule has 2 aromatic heterocycles. The van der Waals surface area contributed by atoms with Crippen LogP contribution in [0.25, 0.3) is 10.9 Å². The number of ether oxygens (including phenoxy) is 1. The molecule has 0 saturated heterocycles. The summed E-state index contributed by atoms with van der Waals surface area (Å²) >= 11 is 1.65. The van der Waals surface area contributed by atoms with Crippen molar-refractivity contribution in [2.45, 2.75) is 36.8 Å². The number of thioether (sulfide) groups is 1. The predicted octanol–water partition coefficient (Wildman–Crippen LogP) is 5.97. The molecule has 0 aliphatic rings. The minimum atomic E-state index is -1.36. The molecular weight excluding hydrogens is 530 g/mol. The van der Waals surface area contributed by atoms with Gasteiger partial charge < -0.3 is 19.6 Å². The molecule has 2 atom stereocenters. The van der Waals surface area contributed by atoms with Crippen LogP contribution in [0.3, 0.4) is 0 Å². The highest BCUT2D eigenvalue weighted by Gasteiger charge is 2.43. The highest BCUT2D eigenvalue weighted by atomic mass is 32.2. The lowest BCUT2D eigenvalue weighted by Crippen LogP contribution is -2.38. The third-order valence-corrected chi connectivity index (χ3v) is 8.07. The first-order chi connectivity index (χ1) is 19.6. The van der Waals surface area contributed by atoms with E-state index >= 15 is 0 Å². The van der Waals surface area contributed by atoms with Gasteiger partial charge in [0.15, 0.2) is 0 Å². The van der Waals surface area contributed by atoms with Gasteiger partial charge in [-0.1, -0.05) is 36.8 Å². The van der Waals surface area contributed by atoms with E-state index in [-0.39, 0.29) is 0 Å². The first-order valence-corrected chi connectivity index (χ1v) is 14.7. The van der Waals surface area contributed by atoms with E-state index < -0.39 is 11.5 Å². The lowest BCUT2D eigenvalue weighted by Gasteiger charge is -2.39. The average Bonchev–Trinajstić information content (AvgIpc) is 2.95. The van der Waals surface area contributed by atoms with Crippen molar-refractivity contribution in [3.63, 3.8) is 0 Å². The molecule has 214 valence electrons. The van der Waals surface area contributed by atoms with E-state index in [2.05, 4.69) is 43.0 Å². The largest absolute Gasteiger partial charge is 0.481 e. The van der Waals surface area contributed by atoms with Crippen LogP contribution in [0.15, 0.2) is 65.7 Å². The van der Waals surface area contributed by atoms with E-state index in [0.29, 0.717) is 24.4 Å². The number of hydrogen-bond acceptors (Lipinski definition) is 8. The summed E-state index contributed by atoms with van der Waals surface area (Å²) in [5.74, 6) is 1.57. The average molecular weight is 570 g/mol. The SMILES string of the molecule is CCSc1cc([C@](O)(CCN(C)C)[C@H](c2cccc(C)c2)c2cc3cc(C#N)ccc3nc2OC)cc(N(C)C)n1. The van der Waals surface area contributed by atoms with Crippen molar-refractivity contribution in [1.29, 1.82) is 5.26 Å². The van der Waals surface area contributed by atoms with Crippen molar-refractivity contribution in [1.82, 2.24) is 14.9 Å². The van der Waals surface area contributed by atoms with Gasteiger partial charge >= 0.3 is 0 Å². The van der Waals surface area contributed by atoms with Crippen molar-refractivity contribution >= 4 is 28.5 Å². The molecule has 2 heterocycles. The maximum absolute atomic E-state index is 13.2. The number of pyridine rings is 2. The summed E-state index contributed by atoms with van der Waals surface area (Å²) in [4.78, 5) is 13.8. The number of nitriles is 1. The molecule has 0 spiro atoms. The molecule has 1 N–H and O–H groups in total. The van der Waals surface area contributed by atoms with Crippen LogP contribution in [0.2, 0.25) is 0 Å². The highest BCUT2D eigenvalue weighted by molar-refractivity contribution is 7.99. The zero-order chi connectivity index (χ0) is 29.7. The molecule has 0 aliphatic heterocycles. The van der Waals surface area contributed by atoms with Gasteiger partial charge in [-0.05, 0) is 80.7 Å². The molecule has 4 aromatic rings. The fourth-order valence-electron chi connectivity index (χ4n) is 5.22. The Balaban J connectivity index is 2.09. The van der Waals surface area contributed by atoms with E-state index in [1.165, 1.54) is 0 Å². The number of aliphatic hydroxyl groups is 1. The topological polar surface area (TPSA) is 85.5 Å².